The molecule has 8 heteroatoms. The number of amides is 1. The summed E-state index contributed by atoms with van der Waals surface area (Å²) in [6, 6.07) is 7.80. The lowest BCUT2D eigenvalue weighted by atomic mass is 10.2. The van der Waals surface area contributed by atoms with E-state index in [4.69, 9.17) is 4.74 Å². The van der Waals surface area contributed by atoms with E-state index in [0.717, 1.165) is 16.9 Å². The van der Waals surface area contributed by atoms with Gasteiger partial charge in [-0.1, -0.05) is 12.1 Å². The fourth-order valence-electron chi connectivity index (χ4n) is 2.92. The molecule has 29 heavy (non-hydrogen) atoms. The van der Waals surface area contributed by atoms with Crippen LogP contribution in [0.5, 0.6) is 0 Å². The molecule has 0 radical (unpaired) electrons. The summed E-state index contributed by atoms with van der Waals surface area (Å²) in [5.41, 5.74) is 1.21. The molecule has 0 N–H and O–H groups in total. The number of para-hydroxylation sites is 2. The first-order valence-corrected chi connectivity index (χ1v) is 11.1. The van der Waals surface area contributed by atoms with Gasteiger partial charge in [0.2, 0.25) is 5.91 Å². The molecule has 2 rings (SSSR count). The second kappa shape index (κ2) is 10.1. The maximum Gasteiger partial charge on any atom is 0.326 e. The van der Waals surface area contributed by atoms with Crippen molar-refractivity contribution in [2.45, 2.75) is 38.7 Å². The summed E-state index contributed by atoms with van der Waals surface area (Å²) in [6.07, 6.45) is 2.01. The van der Waals surface area contributed by atoms with Crippen LogP contribution in [-0.2, 0) is 26.6 Å². The van der Waals surface area contributed by atoms with Crippen LogP contribution in [0.4, 0.5) is 0 Å². The Labute approximate surface area is 177 Å². The number of nitrogens with zero attached hydrogens (tertiary/aromatic N) is 4. The highest BCUT2D eigenvalue weighted by Crippen LogP contribution is 2.19. The van der Waals surface area contributed by atoms with E-state index in [1.165, 1.54) is 0 Å². The topological polar surface area (TPSA) is 67.7 Å². The zero-order valence-corrected chi connectivity index (χ0v) is 19.1. The highest BCUT2D eigenvalue weighted by molar-refractivity contribution is 7.97. The predicted molar refractivity (Wildman–Crippen MR) is 118 cm³/mol. The number of carbonyl (C=O) groups is 2. The van der Waals surface area contributed by atoms with Gasteiger partial charge >= 0.3 is 5.97 Å². The van der Waals surface area contributed by atoms with Crippen LogP contribution in [0.25, 0.3) is 11.0 Å². The van der Waals surface area contributed by atoms with Crippen molar-refractivity contribution in [3.05, 3.63) is 30.1 Å². The molecular formula is C21H32N4O3S. The molecule has 0 unspecified atom stereocenters. The van der Waals surface area contributed by atoms with Gasteiger partial charge in [0.05, 0.1) is 16.8 Å². The van der Waals surface area contributed by atoms with Crippen LogP contribution < -0.4 is 0 Å². The fourth-order valence-corrected chi connectivity index (χ4v) is 3.40. The molecule has 1 amide bonds. The molecule has 7 nitrogen and oxygen atoms in total. The van der Waals surface area contributed by atoms with Crippen molar-refractivity contribution in [2.24, 2.45) is 0 Å². The lowest BCUT2D eigenvalue weighted by Gasteiger charge is -2.26. The van der Waals surface area contributed by atoms with Crippen molar-refractivity contribution in [3.8, 4) is 0 Å². The summed E-state index contributed by atoms with van der Waals surface area (Å²) in [5, 5.41) is 0. The van der Waals surface area contributed by atoms with Crippen molar-refractivity contribution < 1.29 is 14.3 Å². The van der Waals surface area contributed by atoms with Crippen LogP contribution in [0.2, 0.25) is 0 Å². The zero-order valence-electron chi connectivity index (χ0n) is 18.3. The normalized spacial score (nSPS) is 11.8. The van der Waals surface area contributed by atoms with Crippen molar-refractivity contribution in [1.29, 1.82) is 0 Å². The summed E-state index contributed by atoms with van der Waals surface area (Å²) < 4.78 is 7.37. The van der Waals surface area contributed by atoms with Gasteiger partial charge in [-0.05, 0) is 53.3 Å². The van der Waals surface area contributed by atoms with E-state index >= 15 is 0 Å². The van der Waals surface area contributed by atoms with Crippen LogP contribution in [0.3, 0.4) is 0 Å². The molecule has 0 aliphatic carbocycles. The van der Waals surface area contributed by atoms with Crippen LogP contribution >= 0.6 is 11.8 Å². The number of carbonyl (C=O) groups excluding carboxylic acids is 2. The average Bonchev–Trinajstić information content (AvgIpc) is 2.94. The highest BCUT2D eigenvalue weighted by atomic mass is 32.2. The molecule has 1 aromatic carbocycles. The summed E-state index contributed by atoms with van der Waals surface area (Å²) in [4.78, 5) is 33.8. The molecule has 0 spiro atoms. The first kappa shape index (κ1) is 23.2. The molecule has 0 saturated heterocycles. The summed E-state index contributed by atoms with van der Waals surface area (Å²) >= 11 is 1.66. The lowest BCUT2D eigenvalue weighted by molar-refractivity contribution is -0.159. The third-order valence-electron chi connectivity index (χ3n) is 4.21. The van der Waals surface area contributed by atoms with E-state index in [-0.39, 0.29) is 19.0 Å². The number of imidazole rings is 1. The Morgan fingerprint density at radius 2 is 1.86 bits per heavy atom. The Morgan fingerprint density at radius 3 is 2.48 bits per heavy atom. The Morgan fingerprint density at radius 1 is 1.17 bits per heavy atom. The van der Waals surface area contributed by atoms with Gasteiger partial charge in [-0.15, -0.1) is 0 Å². The second-order valence-electron chi connectivity index (χ2n) is 8.24. The number of benzene rings is 1. The number of rotatable bonds is 9. The summed E-state index contributed by atoms with van der Waals surface area (Å²) in [5.74, 6) is 1.05. The predicted octanol–water partition coefficient (Wildman–Crippen LogP) is 2.63. The number of fused-ring (bicyclic) bond motifs is 1. The Hall–Kier alpha value is -2.06. The second-order valence-corrected chi connectivity index (χ2v) is 9.11. The van der Waals surface area contributed by atoms with E-state index in [1.54, 1.807) is 16.7 Å². The largest absolute Gasteiger partial charge is 0.459 e. The fraction of sp³-hybridized carbons (Fsp3) is 0.571. The van der Waals surface area contributed by atoms with Gasteiger partial charge in [-0.2, -0.15) is 11.8 Å². The minimum Gasteiger partial charge on any atom is -0.459 e. The van der Waals surface area contributed by atoms with E-state index in [0.29, 0.717) is 18.8 Å². The van der Waals surface area contributed by atoms with Crippen molar-refractivity contribution in [1.82, 2.24) is 19.4 Å². The van der Waals surface area contributed by atoms with Gasteiger partial charge in [-0.3, -0.25) is 9.59 Å². The monoisotopic (exact) mass is 420 g/mol. The van der Waals surface area contributed by atoms with E-state index in [9.17, 15) is 9.59 Å². The molecule has 0 fully saturated rings. The molecule has 2 aromatic rings. The van der Waals surface area contributed by atoms with Gasteiger partial charge in [-0.25, -0.2) is 4.98 Å². The maximum absolute atomic E-state index is 13.2. The van der Waals surface area contributed by atoms with Crippen LogP contribution in [-0.4, -0.2) is 76.8 Å². The molecule has 160 valence electrons. The Balaban J connectivity index is 2.23. The number of esters is 1. The van der Waals surface area contributed by atoms with Crippen molar-refractivity contribution in [2.75, 3.05) is 40.0 Å². The first-order valence-electron chi connectivity index (χ1n) is 9.68. The smallest absolute Gasteiger partial charge is 0.326 e. The zero-order chi connectivity index (χ0) is 21.6. The molecule has 0 saturated carbocycles. The number of thioether (sulfide) groups is 1. The molecule has 0 aliphatic rings. The first-order chi connectivity index (χ1) is 13.6. The molecule has 1 aromatic heterocycles. The quantitative estimate of drug-likeness (QED) is 0.581. The molecule has 0 bridgehead atoms. The Bertz CT molecular complexity index is 842. The highest BCUT2D eigenvalue weighted by Gasteiger charge is 2.23. The van der Waals surface area contributed by atoms with Crippen LogP contribution in [0, 0.1) is 0 Å². The molecule has 1 heterocycles. The minimum atomic E-state index is -0.584. The minimum absolute atomic E-state index is 0.0611. The average molecular weight is 421 g/mol. The van der Waals surface area contributed by atoms with Crippen molar-refractivity contribution in [3.63, 3.8) is 0 Å². The SMILES string of the molecule is CSCc1nc2ccccc2n1CC(=O)N(CCN(C)C)CC(=O)OC(C)(C)C. The number of aromatic nitrogens is 2. The number of ether oxygens (including phenoxy) is 1. The standard InChI is InChI=1S/C21H32N4O3S/c1-21(2,3)28-20(27)14-24(12-11-23(4)5)19(26)13-25-17-10-8-7-9-16(17)22-18(25)15-29-6/h7-10H,11-15H2,1-6H3. The summed E-state index contributed by atoms with van der Waals surface area (Å²) in [6.45, 7) is 6.67. The van der Waals surface area contributed by atoms with Gasteiger partial charge in [0.15, 0.2) is 0 Å². The number of hydrogen-bond donors (Lipinski definition) is 0. The van der Waals surface area contributed by atoms with Crippen LogP contribution in [0.1, 0.15) is 26.6 Å². The van der Waals surface area contributed by atoms with E-state index in [2.05, 4.69) is 4.98 Å². The van der Waals surface area contributed by atoms with Gasteiger partial charge in [0.1, 0.15) is 24.5 Å². The molecule has 0 atom stereocenters. The lowest BCUT2D eigenvalue weighted by Crippen LogP contribution is -2.43. The number of hydrogen-bond acceptors (Lipinski definition) is 6. The molecule has 0 aliphatic heterocycles. The van der Waals surface area contributed by atoms with E-state index in [1.807, 2.05) is 74.9 Å². The third-order valence-corrected chi connectivity index (χ3v) is 4.76. The van der Waals surface area contributed by atoms with Crippen LogP contribution in [0.15, 0.2) is 24.3 Å². The number of likely N-dealkylation sites (N-methyl/N-ethyl adjacent to an activating group) is 1. The van der Waals surface area contributed by atoms with E-state index < -0.39 is 11.6 Å². The Kier molecular flexibility index (Phi) is 8.10. The van der Waals surface area contributed by atoms with Gasteiger partial charge in [0, 0.05) is 13.1 Å². The van der Waals surface area contributed by atoms with Crippen molar-refractivity contribution >= 4 is 34.7 Å². The van der Waals surface area contributed by atoms with Gasteiger partial charge in [0.25, 0.3) is 0 Å². The molecular weight excluding hydrogens is 388 g/mol. The third kappa shape index (κ3) is 7.04. The maximum atomic E-state index is 13.2. The summed E-state index contributed by atoms with van der Waals surface area (Å²) in [7, 11) is 3.88. The van der Waals surface area contributed by atoms with Gasteiger partial charge < -0.3 is 19.1 Å².